The lowest BCUT2D eigenvalue weighted by Gasteiger charge is -2.07. The van der Waals surface area contributed by atoms with Crippen LogP contribution in [-0.4, -0.2) is 15.0 Å². The summed E-state index contributed by atoms with van der Waals surface area (Å²) in [5.74, 6) is 1.02. The molecule has 0 saturated heterocycles. The summed E-state index contributed by atoms with van der Waals surface area (Å²) in [5, 5.41) is 7.84. The van der Waals surface area contributed by atoms with E-state index in [2.05, 4.69) is 36.3 Å². The Morgan fingerprint density at radius 1 is 1.19 bits per heavy atom. The first-order valence-corrected chi connectivity index (χ1v) is 5.37. The molecule has 4 nitrogen and oxygen atoms in total. The zero-order valence-electron chi connectivity index (χ0n) is 9.81. The predicted molar refractivity (Wildman–Crippen MR) is 64.6 cm³/mol. The molecule has 2 N–H and O–H groups in total. The molecule has 16 heavy (non-hydrogen) atoms. The Kier molecular flexibility index (Phi) is 2.64. The van der Waals surface area contributed by atoms with E-state index in [-0.39, 0.29) is 0 Å². The molecule has 1 aromatic carbocycles. The number of aromatic nitrogens is 3. The molecule has 0 atom stereocenters. The summed E-state index contributed by atoms with van der Waals surface area (Å²) in [5.41, 5.74) is 8.84. The van der Waals surface area contributed by atoms with Crippen LogP contribution in [0.15, 0.2) is 24.3 Å². The molecule has 2 rings (SSSR count). The smallest absolute Gasteiger partial charge is 0.169 e. The van der Waals surface area contributed by atoms with Crippen LogP contribution < -0.4 is 5.73 Å². The maximum Gasteiger partial charge on any atom is 0.169 e. The maximum absolute atomic E-state index is 5.66. The molecule has 4 heteroatoms. The number of nitrogens with two attached hydrogens (primary N) is 1. The third-order valence-corrected chi connectivity index (χ3v) is 2.73. The highest BCUT2D eigenvalue weighted by molar-refractivity contribution is 5.41. The number of benzene rings is 1. The zero-order valence-corrected chi connectivity index (χ0v) is 9.81. The minimum atomic E-state index is 0.480. The fourth-order valence-corrected chi connectivity index (χ4v) is 1.59. The van der Waals surface area contributed by atoms with Crippen LogP contribution in [0, 0.1) is 6.92 Å². The summed E-state index contributed by atoms with van der Waals surface area (Å²) in [6.45, 7) is 6.26. The van der Waals surface area contributed by atoms with E-state index in [0.29, 0.717) is 11.7 Å². The standard InChI is InChI=1S/C12H16N4/c1-8(2)10-4-6-11(7-5-10)16-9(3)12(13)14-15-16/h4-8H,13H2,1-3H3. The molecule has 0 fully saturated rings. The van der Waals surface area contributed by atoms with Crippen molar-refractivity contribution in [2.45, 2.75) is 26.7 Å². The molecule has 0 aliphatic heterocycles. The summed E-state index contributed by atoms with van der Waals surface area (Å²) in [6.07, 6.45) is 0. The third kappa shape index (κ3) is 1.78. The SMILES string of the molecule is Cc1c(N)nnn1-c1ccc(C(C)C)cc1. The van der Waals surface area contributed by atoms with Crippen molar-refractivity contribution in [2.24, 2.45) is 0 Å². The van der Waals surface area contributed by atoms with Crippen molar-refractivity contribution in [1.82, 2.24) is 15.0 Å². The molecule has 0 aliphatic carbocycles. The number of hydrogen-bond donors (Lipinski definition) is 1. The Morgan fingerprint density at radius 2 is 1.81 bits per heavy atom. The van der Waals surface area contributed by atoms with Gasteiger partial charge in [-0.3, -0.25) is 0 Å². The van der Waals surface area contributed by atoms with E-state index in [1.165, 1.54) is 5.56 Å². The molecule has 0 bridgehead atoms. The molecule has 0 saturated carbocycles. The van der Waals surface area contributed by atoms with Crippen molar-refractivity contribution in [3.8, 4) is 5.69 Å². The Labute approximate surface area is 95.1 Å². The van der Waals surface area contributed by atoms with Crippen molar-refractivity contribution in [1.29, 1.82) is 0 Å². The van der Waals surface area contributed by atoms with Gasteiger partial charge in [0.25, 0.3) is 0 Å². The van der Waals surface area contributed by atoms with Crippen molar-refractivity contribution >= 4 is 5.82 Å². The monoisotopic (exact) mass is 216 g/mol. The molecule has 1 aromatic heterocycles. The van der Waals surface area contributed by atoms with Gasteiger partial charge in [-0.05, 0) is 30.5 Å². The van der Waals surface area contributed by atoms with Crippen LogP contribution in [0.1, 0.15) is 31.0 Å². The molecule has 0 aliphatic rings. The fraction of sp³-hybridized carbons (Fsp3) is 0.333. The summed E-state index contributed by atoms with van der Waals surface area (Å²) >= 11 is 0. The van der Waals surface area contributed by atoms with E-state index in [4.69, 9.17) is 5.73 Å². The van der Waals surface area contributed by atoms with Gasteiger partial charge in [0.1, 0.15) is 0 Å². The molecule has 0 spiro atoms. The van der Waals surface area contributed by atoms with E-state index < -0.39 is 0 Å². The van der Waals surface area contributed by atoms with E-state index in [1.807, 2.05) is 19.1 Å². The van der Waals surface area contributed by atoms with Gasteiger partial charge in [-0.25, -0.2) is 4.68 Å². The lowest BCUT2D eigenvalue weighted by Crippen LogP contribution is -2.00. The number of rotatable bonds is 2. The van der Waals surface area contributed by atoms with Gasteiger partial charge in [0.15, 0.2) is 5.82 Å². The van der Waals surface area contributed by atoms with Crippen molar-refractivity contribution in [2.75, 3.05) is 5.73 Å². The third-order valence-electron chi connectivity index (χ3n) is 2.73. The van der Waals surface area contributed by atoms with Crippen molar-refractivity contribution < 1.29 is 0 Å². The number of nitrogen functional groups attached to an aromatic ring is 1. The lowest BCUT2D eigenvalue weighted by atomic mass is 10.0. The van der Waals surface area contributed by atoms with E-state index in [9.17, 15) is 0 Å². The zero-order chi connectivity index (χ0) is 11.7. The molecule has 2 aromatic rings. The van der Waals surface area contributed by atoms with Crippen LogP contribution in [0.5, 0.6) is 0 Å². The summed E-state index contributed by atoms with van der Waals surface area (Å²) in [4.78, 5) is 0. The number of nitrogens with zero attached hydrogens (tertiary/aromatic N) is 3. The van der Waals surface area contributed by atoms with Gasteiger partial charge in [-0.1, -0.05) is 31.2 Å². The number of hydrogen-bond acceptors (Lipinski definition) is 3. The Hall–Kier alpha value is -1.84. The average Bonchev–Trinajstić information content (AvgIpc) is 2.60. The summed E-state index contributed by atoms with van der Waals surface area (Å²) in [6, 6.07) is 8.29. The molecule has 0 radical (unpaired) electrons. The summed E-state index contributed by atoms with van der Waals surface area (Å²) < 4.78 is 1.75. The molecule has 0 unspecified atom stereocenters. The quantitative estimate of drug-likeness (QED) is 0.837. The van der Waals surface area contributed by atoms with Crippen LogP contribution >= 0.6 is 0 Å². The Morgan fingerprint density at radius 3 is 2.25 bits per heavy atom. The minimum absolute atomic E-state index is 0.480. The maximum atomic E-state index is 5.66. The second-order valence-corrected chi connectivity index (χ2v) is 4.22. The van der Waals surface area contributed by atoms with E-state index in [1.54, 1.807) is 4.68 Å². The average molecular weight is 216 g/mol. The highest BCUT2D eigenvalue weighted by atomic mass is 15.4. The first-order chi connectivity index (χ1) is 7.59. The molecule has 1 heterocycles. The molecular weight excluding hydrogens is 200 g/mol. The van der Waals surface area contributed by atoms with Crippen molar-refractivity contribution in [3.63, 3.8) is 0 Å². The fourth-order valence-electron chi connectivity index (χ4n) is 1.59. The van der Waals surface area contributed by atoms with Gasteiger partial charge in [-0.2, -0.15) is 0 Å². The topological polar surface area (TPSA) is 56.7 Å². The van der Waals surface area contributed by atoms with Gasteiger partial charge in [0.05, 0.1) is 11.4 Å². The molecule has 84 valence electrons. The lowest BCUT2D eigenvalue weighted by molar-refractivity contribution is 0.783. The Balaban J connectivity index is 2.38. The van der Waals surface area contributed by atoms with Crippen LogP contribution in [0.3, 0.4) is 0 Å². The second kappa shape index (κ2) is 3.96. The second-order valence-electron chi connectivity index (χ2n) is 4.22. The van der Waals surface area contributed by atoms with Crippen LogP contribution in [0.4, 0.5) is 5.82 Å². The van der Waals surface area contributed by atoms with Crippen LogP contribution in [0.2, 0.25) is 0 Å². The molecule has 0 amide bonds. The van der Waals surface area contributed by atoms with Crippen LogP contribution in [-0.2, 0) is 0 Å². The summed E-state index contributed by atoms with van der Waals surface area (Å²) in [7, 11) is 0. The first-order valence-electron chi connectivity index (χ1n) is 5.37. The Bertz CT molecular complexity index is 482. The van der Waals surface area contributed by atoms with Crippen molar-refractivity contribution in [3.05, 3.63) is 35.5 Å². The van der Waals surface area contributed by atoms with E-state index >= 15 is 0 Å². The largest absolute Gasteiger partial charge is 0.381 e. The van der Waals surface area contributed by atoms with Gasteiger partial charge in [0, 0.05) is 0 Å². The van der Waals surface area contributed by atoms with E-state index in [0.717, 1.165) is 11.4 Å². The highest BCUT2D eigenvalue weighted by Crippen LogP contribution is 2.18. The molecular formula is C12H16N4. The van der Waals surface area contributed by atoms with Crippen LogP contribution in [0.25, 0.3) is 5.69 Å². The van der Waals surface area contributed by atoms with Gasteiger partial charge >= 0.3 is 0 Å². The normalized spacial score (nSPS) is 11.0. The van der Waals surface area contributed by atoms with Gasteiger partial charge in [-0.15, -0.1) is 5.10 Å². The predicted octanol–water partition coefficient (Wildman–Crippen LogP) is 2.28. The first kappa shape index (κ1) is 10.7. The minimum Gasteiger partial charge on any atom is -0.381 e. The number of anilines is 1. The highest BCUT2D eigenvalue weighted by Gasteiger charge is 2.07. The van der Waals surface area contributed by atoms with Gasteiger partial charge in [0.2, 0.25) is 0 Å². The van der Waals surface area contributed by atoms with Gasteiger partial charge < -0.3 is 5.73 Å².